The van der Waals surface area contributed by atoms with E-state index in [1.807, 2.05) is 31.3 Å². The molecule has 1 aromatic carbocycles. The first-order chi connectivity index (χ1) is 15.7. The molecule has 1 N–H and O–H groups in total. The Kier molecular flexibility index (Phi) is 5.34. The summed E-state index contributed by atoms with van der Waals surface area (Å²) >= 11 is 0. The second-order valence-corrected chi connectivity index (χ2v) is 7.97. The van der Waals surface area contributed by atoms with E-state index >= 15 is 0 Å². The predicted octanol–water partition coefficient (Wildman–Crippen LogP) is 3.93. The van der Waals surface area contributed by atoms with Gasteiger partial charge in [0.05, 0.1) is 35.6 Å². The second-order valence-electron chi connectivity index (χ2n) is 7.97. The molecule has 0 spiro atoms. The Balaban J connectivity index is 1.52. The molecule has 1 fully saturated rings. The number of piperidine rings is 1. The average Bonchev–Trinajstić information content (AvgIpc) is 3.38. The van der Waals surface area contributed by atoms with Crippen LogP contribution in [0.25, 0.3) is 22.4 Å². The van der Waals surface area contributed by atoms with Gasteiger partial charge in [0, 0.05) is 37.5 Å². The van der Waals surface area contributed by atoms with Gasteiger partial charge in [-0.2, -0.15) is 0 Å². The van der Waals surface area contributed by atoms with Crippen molar-refractivity contribution in [3.8, 4) is 17.2 Å². The van der Waals surface area contributed by atoms with Crippen LogP contribution in [0.5, 0.6) is 5.75 Å². The van der Waals surface area contributed by atoms with Crippen LogP contribution in [-0.2, 0) is 6.42 Å². The summed E-state index contributed by atoms with van der Waals surface area (Å²) in [6, 6.07) is 7.38. The van der Waals surface area contributed by atoms with Crippen LogP contribution in [0.2, 0.25) is 0 Å². The van der Waals surface area contributed by atoms with E-state index in [-0.39, 0.29) is 5.89 Å². The zero-order chi connectivity index (χ0) is 22.1. The maximum Gasteiger partial charge on any atom is 0.347 e. The molecule has 0 radical (unpaired) electrons. The number of ether oxygens (including phenoxy) is 1. The van der Waals surface area contributed by atoms with E-state index in [0.717, 1.165) is 43.0 Å². The van der Waals surface area contributed by atoms with Crippen LogP contribution in [0.3, 0.4) is 0 Å². The number of aromatic nitrogens is 4. The molecule has 4 heterocycles. The van der Waals surface area contributed by atoms with Gasteiger partial charge >= 0.3 is 5.63 Å². The Labute approximate surface area is 185 Å². The molecule has 1 aliphatic rings. The standard InChI is InChI=1S/C24H25N5O3/c1-3-15-11-17(31-2)12-19-21(15)24(30)32-23(28-19)18-5-4-8-26-22(18)29-9-6-16(7-10-29)20-13-25-14-27-20/h4-5,8,11-14,16H,3,6-7,9-10H2,1-2H3,(H,25,27). The number of hydrogen-bond donors (Lipinski definition) is 1. The third kappa shape index (κ3) is 3.62. The quantitative estimate of drug-likeness (QED) is 0.511. The average molecular weight is 431 g/mol. The van der Waals surface area contributed by atoms with E-state index < -0.39 is 5.63 Å². The summed E-state index contributed by atoms with van der Waals surface area (Å²) in [5.41, 5.74) is 2.86. The van der Waals surface area contributed by atoms with E-state index in [2.05, 4.69) is 19.9 Å². The highest BCUT2D eigenvalue weighted by atomic mass is 16.5. The summed E-state index contributed by atoms with van der Waals surface area (Å²) in [6.45, 7) is 3.67. The Hall–Kier alpha value is -3.68. The number of pyridine rings is 1. The van der Waals surface area contributed by atoms with Crippen molar-refractivity contribution in [1.82, 2.24) is 19.9 Å². The highest BCUT2D eigenvalue weighted by Gasteiger charge is 2.25. The lowest BCUT2D eigenvalue weighted by Gasteiger charge is -2.32. The number of methoxy groups -OCH3 is 1. The lowest BCUT2D eigenvalue weighted by molar-refractivity contribution is 0.414. The number of nitrogens with one attached hydrogen (secondary N) is 1. The smallest absolute Gasteiger partial charge is 0.347 e. The molecule has 164 valence electrons. The molecule has 32 heavy (non-hydrogen) atoms. The van der Waals surface area contributed by atoms with E-state index in [9.17, 15) is 4.79 Å². The van der Waals surface area contributed by atoms with Crippen molar-refractivity contribution in [2.24, 2.45) is 0 Å². The van der Waals surface area contributed by atoms with Crippen LogP contribution in [0.1, 0.15) is 36.9 Å². The molecule has 0 aliphatic carbocycles. The van der Waals surface area contributed by atoms with Gasteiger partial charge in [0.2, 0.25) is 5.89 Å². The minimum Gasteiger partial charge on any atom is -0.497 e. The number of benzene rings is 1. The molecule has 4 aromatic rings. The number of aromatic amines is 1. The zero-order valence-corrected chi connectivity index (χ0v) is 18.2. The number of nitrogens with zero attached hydrogens (tertiary/aromatic N) is 4. The van der Waals surface area contributed by atoms with Crippen LogP contribution in [0, 0.1) is 0 Å². The molecule has 8 heteroatoms. The number of hydrogen-bond acceptors (Lipinski definition) is 7. The number of fused-ring (bicyclic) bond motifs is 1. The predicted molar refractivity (Wildman–Crippen MR) is 122 cm³/mol. The largest absolute Gasteiger partial charge is 0.497 e. The molecular weight excluding hydrogens is 406 g/mol. The minimum atomic E-state index is -0.392. The third-order valence-corrected chi connectivity index (χ3v) is 6.15. The second kappa shape index (κ2) is 8.45. The first-order valence-electron chi connectivity index (χ1n) is 10.9. The van der Waals surface area contributed by atoms with Gasteiger partial charge in [-0.25, -0.2) is 19.7 Å². The molecule has 0 saturated carbocycles. The molecule has 5 rings (SSSR count). The van der Waals surface area contributed by atoms with Crippen LogP contribution in [0.4, 0.5) is 5.82 Å². The van der Waals surface area contributed by atoms with Gasteiger partial charge in [-0.05, 0) is 43.0 Å². The van der Waals surface area contributed by atoms with Gasteiger partial charge in [0.25, 0.3) is 0 Å². The molecule has 0 atom stereocenters. The normalized spacial score (nSPS) is 14.8. The SMILES string of the molecule is CCc1cc(OC)cc2nc(-c3cccnc3N3CCC(c4c[nH]cn4)CC3)oc(=O)c12. The van der Waals surface area contributed by atoms with Crippen molar-refractivity contribution in [1.29, 1.82) is 0 Å². The first kappa shape index (κ1) is 20.2. The topological polar surface area (TPSA) is 97.1 Å². The Morgan fingerprint density at radius 1 is 1.25 bits per heavy atom. The van der Waals surface area contributed by atoms with Crippen LogP contribution < -0.4 is 15.3 Å². The molecular formula is C24H25N5O3. The number of imidazole rings is 1. The lowest BCUT2D eigenvalue weighted by Crippen LogP contribution is -2.34. The Bertz CT molecular complexity index is 1290. The maximum absolute atomic E-state index is 12.9. The minimum absolute atomic E-state index is 0.273. The fourth-order valence-electron chi connectivity index (χ4n) is 4.46. The van der Waals surface area contributed by atoms with Crippen molar-refractivity contribution in [3.63, 3.8) is 0 Å². The molecule has 3 aromatic heterocycles. The summed E-state index contributed by atoms with van der Waals surface area (Å²) in [4.78, 5) is 31.9. The third-order valence-electron chi connectivity index (χ3n) is 6.15. The Morgan fingerprint density at radius 3 is 2.81 bits per heavy atom. The van der Waals surface area contributed by atoms with Crippen molar-refractivity contribution in [2.45, 2.75) is 32.1 Å². The number of anilines is 1. The number of H-pyrrole nitrogens is 1. The van der Waals surface area contributed by atoms with E-state index in [1.54, 1.807) is 25.7 Å². The maximum atomic E-state index is 12.9. The van der Waals surface area contributed by atoms with Gasteiger partial charge in [-0.1, -0.05) is 6.92 Å². The summed E-state index contributed by atoms with van der Waals surface area (Å²) in [7, 11) is 1.61. The number of rotatable bonds is 5. The van der Waals surface area contributed by atoms with Crippen LogP contribution in [-0.4, -0.2) is 40.1 Å². The van der Waals surface area contributed by atoms with E-state index in [1.165, 1.54) is 0 Å². The van der Waals surface area contributed by atoms with Gasteiger partial charge in [0.1, 0.15) is 11.6 Å². The number of aryl methyl sites for hydroxylation is 1. The first-order valence-corrected chi connectivity index (χ1v) is 10.9. The molecule has 0 amide bonds. The fourth-order valence-corrected chi connectivity index (χ4v) is 4.46. The summed E-state index contributed by atoms with van der Waals surface area (Å²) < 4.78 is 11.1. The fraction of sp³-hybridized carbons (Fsp3) is 0.333. The van der Waals surface area contributed by atoms with Gasteiger partial charge in [-0.3, -0.25) is 0 Å². The van der Waals surface area contributed by atoms with E-state index in [4.69, 9.17) is 14.1 Å². The van der Waals surface area contributed by atoms with Crippen molar-refractivity contribution < 1.29 is 9.15 Å². The van der Waals surface area contributed by atoms with Crippen LogP contribution in [0.15, 0.2) is 52.2 Å². The summed E-state index contributed by atoms with van der Waals surface area (Å²) in [5.74, 6) is 2.16. The Morgan fingerprint density at radius 2 is 2.09 bits per heavy atom. The van der Waals surface area contributed by atoms with E-state index in [0.29, 0.717) is 34.6 Å². The monoisotopic (exact) mass is 431 g/mol. The molecule has 0 bridgehead atoms. The van der Waals surface area contributed by atoms with Gasteiger partial charge in [-0.15, -0.1) is 0 Å². The van der Waals surface area contributed by atoms with Crippen molar-refractivity contribution in [2.75, 3.05) is 25.1 Å². The zero-order valence-electron chi connectivity index (χ0n) is 18.2. The molecule has 0 unspecified atom stereocenters. The molecule has 8 nitrogen and oxygen atoms in total. The van der Waals surface area contributed by atoms with Crippen molar-refractivity contribution >= 4 is 16.7 Å². The molecule has 1 saturated heterocycles. The lowest BCUT2D eigenvalue weighted by atomic mass is 9.94. The highest BCUT2D eigenvalue weighted by molar-refractivity contribution is 5.84. The highest BCUT2D eigenvalue weighted by Crippen LogP contribution is 2.34. The van der Waals surface area contributed by atoms with Gasteiger partial charge < -0.3 is 19.0 Å². The molecule has 1 aliphatic heterocycles. The summed E-state index contributed by atoms with van der Waals surface area (Å²) in [6.07, 6.45) is 8.10. The van der Waals surface area contributed by atoms with Crippen LogP contribution >= 0.6 is 0 Å². The van der Waals surface area contributed by atoms with Crippen molar-refractivity contribution in [3.05, 3.63) is 64.7 Å². The summed E-state index contributed by atoms with van der Waals surface area (Å²) in [5, 5.41) is 0.502. The van der Waals surface area contributed by atoms with Gasteiger partial charge in [0.15, 0.2) is 0 Å².